The predicted molar refractivity (Wildman–Crippen MR) is 45.7 cm³/mol. The maximum atomic E-state index is 11.2. The third-order valence-corrected chi connectivity index (χ3v) is 1.29. The number of carbonyl (C=O) groups excluding carboxylic acids is 1. The molecule has 0 radical (unpaired) electrons. The van der Waals surface area contributed by atoms with Gasteiger partial charge in [0.25, 0.3) is 0 Å². The average Bonchev–Trinajstić information content (AvgIpc) is 2.51. The Labute approximate surface area is 70.9 Å². The minimum Gasteiger partial charge on any atom is -0.383 e. The van der Waals surface area contributed by atoms with Gasteiger partial charge in [-0.05, 0) is 0 Å². The number of nitrogens with one attached hydrogen (secondary N) is 1. The third kappa shape index (κ3) is 2.23. The molecule has 1 aromatic heterocycles. The van der Waals surface area contributed by atoms with Gasteiger partial charge in [-0.15, -0.1) is 0 Å². The summed E-state index contributed by atoms with van der Waals surface area (Å²) < 4.78 is 0. The molecule has 0 aliphatic heterocycles. The molecule has 0 aliphatic carbocycles. The second-order valence-electron chi connectivity index (χ2n) is 2.61. The third-order valence-electron chi connectivity index (χ3n) is 1.29. The molecule has 1 N–H and O–H groups in total. The van der Waals surface area contributed by atoms with Crippen molar-refractivity contribution in [3.8, 4) is 0 Å². The number of carbonyl (C=O) groups is 1. The van der Waals surface area contributed by atoms with Gasteiger partial charge in [-0.25, -0.2) is 4.98 Å². The number of H-pyrrole nitrogens is 1. The topological polar surface area (TPSA) is 49.0 Å². The highest BCUT2D eigenvalue weighted by molar-refractivity contribution is 6.02. The molecular formula is C8H11N3O. The standard InChI is InChI=1S/C8H11N3O/c1-11(2)4-3-8(12)7-5-9-6-10-7/h3-6H,1-2H3,(H,9,10). The zero-order chi connectivity index (χ0) is 8.97. The monoisotopic (exact) mass is 165 g/mol. The average molecular weight is 165 g/mol. The number of rotatable bonds is 3. The van der Waals surface area contributed by atoms with Crippen LogP contribution in [0.3, 0.4) is 0 Å². The molecule has 0 unspecified atom stereocenters. The molecule has 0 saturated heterocycles. The quantitative estimate of drug-likeness (QED) is 0.529. The van der Waals surface area contributed by atoms with Gasteiger partial charge in [0.15, 0.2) is 0 Å². The summed E-state index contributed by atoms with van der Waals surface area (Å²) in [5, 5.41) is 0. The molecule has 0 atom stereocenters. The summed E-state index contributed by atoms with van der Waals surface area (Å²) in [5.41, 5.74) is 0.508. The van der Waals surface area contributed by atoms with E-state index in [2.05, 4.69) is 9.97 Å². The van der Waals surface area contributed by atoms with E-state index in [1.807, 2.05) is 14.1 Å². The lowest BCUT2D eigenvalue weighted by Gasteiger charge is -2.01. The molecule has 64 valence electrons. The number of aromatic nitrogens is 2. The number of hydrogen-bond donors (Lipinski definition) is 1. The van der Waals surface area contributed by atoms with Crippen molar-refractivity contribution in [3.63, 3.8) is 0 Å². The first-order chi connectivity index (χ1) is 5.70. The number of nitrogens with zero attached hydrogens (tertiary/aromatic N) is 2. The van der Waals surface area contributed by atoms with Crippen molar-refractivity contribution in [1.29, 1.82) is 0 Å². The van der Waals surface area contributed by atoms with Crippen LogP contribution in [0.1, 0.15) is 10.5 Å². The molecule has 0 bridgehead atoms. The molecule has 1 heterocycles. The van der Waals surface area contributed by atoms with Crippen molar-refractivity contribution >= 4 is 5.78 Å². The lowest BCUT2D eigenvalue weighted by Crippen LogP contribution is -2.03. The Morgan fingerprint density at radius 1 is 1.67 bits per heavy atom. The fourth-order valence-electron chi connectivity index (χ4n) is 0.697. The maximum absolute atomic E-state index is 11.2. The summed E-state index contributed by atoms with van der Waals surface area (Å²) in [5.74, 6) is -0.0683. The molecular weight excluding hydrogens is 154 g/mol. The molecule has 0 saturated carbocycles. The summed E-state index contributed by atoms with van der Waals surface area (Å²) in [6, 6.07) is 0. The predicted octanol–water partition coefficient (Wildman–Crippen LogP) is 0.668. The molecule has 0 spiro atoms. The molecule has 0 amide bonds. The first-order valence-electron chi connectivity index (χ1n) is 3.57. The van der Waals surface area contributed by atoms with Gasteiger partial charge >= 0.3 is 0 Å². The Hall–Kier alpha value is -1.58. The molecule has 0 fully saturated rings. The lowest BCUT2D eigenvalue weighted by molar-refractivity contribution is 0.104. The van der Waals surface area contributed by atoms with Crippen LogP contribution in [0.4, 0.5) is 0 Å². The van der Waals surface area contributed by atoms with Gasteiger partial charge in [0.1, 0.15) is 5.69 Å². The molecule has 0 aromatic carbocycles. The fraction of sp³-hybridized carbons (Fsp3) is 0.250. The minimum atomic E-state index is -0.0683. The van der Waals surface area contributed by atoms with Crippen molar-refractivity contribution in [1.82, 2.24) is 14.9 Å². The highest BCUT2D eigenvalue weighted by Gasteiger charge is 2.00. The van der Waals surface area contributed by atoms with Crippen LogP contribution in [0.15, 0.2) is 24.8 Å². The Kier molecular flexibility index (Phi) is 2.63. The lowest BCUT2D eigenvalue weighted by atomic mass is 10.3. The van der Waals surface area contributed by atoms with Crippen LogP contribution in [0, 0.1) is 0 Å². The molecule has 12 heavy (non-hydrogen) atoms. The summed E-state index contributed by atoms with van der Waals surface area (Å²) in [6.45, 7) is 0. The van der Waals surface area contributed by atoms with Crippen LogP contribution in [-0.4, -0.2) is 34.7 Å². The van der Waals surface area contributed by atoms with Gasteiger partial charge < -0.3 is 9.88 Å². The first-order valence-corrected chi connectivity index (χ1v) is 3.57. The van der Waals surface area contributed by atoms with Crippen LogP contribution in [0.25, 0.3) is 0 Å². The van der Waals surface area contributed by atoms with E-state index in [4.69, 9.17) is 0 Å². The van der Waals surface area contributed by atoms with Crippen molar-refractivity contribution in [2.45, 2.75) is 0 Å². The van der Waals surface area contributed by atoms with Gasteiger partial charge in [-0.1, -0.05) is 0 Å². The number of allylic oxidation sites excluding steroid dienone is 1. The maximum Gasteiger partial charge on any atom is 0.205 e. The molecule has 1 aromatic rings. The SMILES string of the molecule is CN(C)C=CC(=O)c1cnc[nH]1. The number of hydrogen-bond acceptors (Lipinski definition) is 3. The van der Waals surface area contributed by atoms with Crippen molar-refractivity contribution in [3.05, 3.63) is 30.5 Å². The highest BCUT2D eigenvalue weighted by Crippen LogP contribution is 1.94. The Morgan fingerprint density at radius 3 is 2.92 bits per heavy atom. The zero-order valence-electron chi connectivity index (χ0n) is 7.11. The van der Waals surface area contributed by atoms with E-state index in [9.17, 15) is 4.79 Å². The van der Waals surface area contributed by atoms with Crippen molar-refractivity contribution < 1.29 is 4.79 Å². The second-order valence-corrected chi connectivity index (χ2v) is 2.61. The van der Waals surface area contributed by atoms with E-state index in [1.54, 1.807) is 11.1 Å². The van der Waals surface area contributed by atoms with Crippen LogP contribution >= 0.6 is 0 Å². The number of ketones is 1. The second kappa shape index (κ2) is 3.71. The van der Waals surface area contributed by atoms with Gasteiger partial charge in [0.05, 0.1) is 12.5 Å². The van der Waals surface area contributed by atoms with E-state index in [1.165, 1.54) is 18.6 Å². The molecule has 4 nitrogen and oxygen atoms in total. The molecule has 0 aliphatic rings. The number of imidazole rings is 1. The largest absolute Gasteiger partial charge is 0.383 e. The Balaban J connectivity index is 2.62. The zero-order valence-corrected chi connectivity index (χ0v) is 7.11. The first kappa shape index (κ1) is 8.52. The summed E-state index contributed by atoms with van der Waals surface area (Å²) in [6.07, 6.45) is 6.18. The highest BCUT2D eigenvalue weighted by atomic mass is 16.1. The van der Waals surface area contributed by atoms with Gasteiger partial charge in [0, 0.05) is 26.4 Å². The van der Waals surface area contributed by atoms with Crippen LogP contribution in [0.5, 0.6) is 0 Å². The number of aromatic amines is 1. The fourth-order valence-corrected chi connectivity index (χ4v) is 0.697. The summed E-state index contributed by atoms with van der Waals surface area (Å²) in [7, 11) is 3.72. The Morgan fingerprint density at radius 2 is 2.42 bits per heavy atom. The minimum absolute atomic E-state index is 0.0683. The van der Waals surface area contributed by atoms with E-state index in [0.717, 1.165) is 0 Å². The van der Waals surface area contributed by atoms with Gasteiger partial charge in [-0.3, -0.25) is 4.79 Å². The van der Waals surface area contributed by atoms with Crippen molar-refractivity contribution in [2.24, 2.45) is 0 Å². The van der Waals surface area contributed by atoms with E-state index in [-0.39, 0.29) is 5.78 Å². The Bertz CT molecular complexity index is 275. The van der Waals surface area contributed by atoms with Gasteiger partial charge in [-0.2, -0.15) is 0 Å². The van der Waals surface area contributed by atoms with E-state index < -0.39 is 0 Å². The normalized spacial score (nSPS) is 10.5. The van der Waals surface area contributed by atoms with Gasteiger partial charge in [0.2, 0.25) is 5.78 Å². The van der Waals surface area contributed by atoms with Crippen LogP contribution in [-0.2, 0) is 0 Å². The summed E-state index contributed by atoms with van der Waals surface area (Å²) >= 11 is 0. The van der Waals surface area contributed by atoms with Crippen LogP contribution < -0.4 is 0 Å². The van der Waals surface area contributed by atoms with Crippen LogP contribution in [0.2, 0.25) is 0 Å². The molecule has 1 rings (SSSR count). The summed E-state index contributed by atoms with van der Waals surface area (Å²) in [4.78, 5) is 19.5. The van der Waals surface area contributed by atoms with E-state index in [0.29, 0.717) is 5.69 Å². The van der Waals surface area contributed by atoms with E-state index >= 15 is 0 Å². The molecule has 4 heteroatoms. The van der Waals surface area contributed by atoms with Crippen molar-refractivity contribution in [2.75, 3.05) is 14.1 Å². The smallest absolute Gasteiger partial charge is 0.205 e.